The van der Waals surface area contributed by atoms with Gasteiger partial charge in [0, 0.05) is 18.1 Å². The number of carboxylic acids is 1. The van der Waals surface area contributed by atoms with Gasteiger partial charge in [0.05, 0.1) is 19.2 Å². The molecule has 0 spiro atoms. The molecule has 20 heteroatoms. The number of amides is 5. The molecule has 1 saturated heterocycles. The van der Waals surface area contributed by atoms with Crippen LogP contribution in [0, 0.1) is 0 Å². The number of rotatable bonds is 10. The van der Waals surface area contributed by atoms with Gasteiger partial charge in [0.25, 0.3) is 0 Å². The van der Waals surface area contributed by atoms with Crippen molar-refractivity contribution in [1.82, 2.24) is 26.6 Å². The molecular weight excluding hydrogens is 646 g/mol. The number of aromatic hydroxyl groups is 1. The molecule has 0 saturated carbocycles. The zero-order chi connectivity index (χ0) is 34.2. The Bertz CT molecular complexity index is 1270. The Morgan fingerprint density at radius 1 is 0.978 bits per heavy atom. The fraction of sp³-hybridized carbons (Fsp3) is 0.500. The number of carbonyl (C=O) groups excluding carboxylic acids is 5. The third kappa shape index (κ3) is 13.4. The number of aliphatic carboxylic acids is 1. The summed E-state index contributed by atoms with van der Waals surface area (Å²) >= 11 is 0. The van der Waals surface area contributed by atoms with E-state index in [1.165, 1.54) is 12.1 Å². The normalized spacial score (nSPS) is 22.6. The summed E-state index contributed by atoms with van der Waals surface area (Å²) in [7, 11) is 2.03. The van der Waals surface area contributed by atoms with Crippen molar-refractivity contribution in [3.8, 4) is 5.75 Å². The Morgan fingerprint density at radius 2 is 1.63 bits per heavy atom. The summed E-state index contributed by atoms with van der Waals surface area (Å²) in [4.78, 5) is 80.1. The first-order chi connectivity index (χ1) is 21.8. The fourth-order valence-corrected chi connectivity index (χ4v) is 6.21. The van der Waals surface area contributed by atoms with Crippen molar-refractivity contribution in [3.05, 3.63) is 29.8 Å². The van der Waals surface area contributed by atoms with Gasteiger partial charge in [0.1, 0.15) is 29.9 Å². The largest absolute Gasteiger partial charge is 0.508 e. The standard InChI is InChI=1S/C26H39N9O9S2/c27-15(8-13-3-5-14(37)6-4-13)21(39)34-18-11-45-46-12-19(25(43)44)35-23(41)16(2-1-7-30-26(28)29)33-24(42)17(10-36)32-20(38)9-31-22(18)40/h3-6,15-19,36-37H,1-2,7-12,27H2,(H,31,40)(H,32,38)(H,33,42)(H,34,39)(H,35,41)(H,43,44)(H4,28,29,30)/t15-,16-,17-,18-,19-/m0/s1. The molecule has 18 nitrogen and oxygen atoms in total. The minimum absolute atomic E-state index is 0.0129. The molecule has 5 atom stereocenters. The van der Waals surface area contributed by atoms with E-state index < -0.39 is 78.9 Å². The van der Waals surface area contributed by atoms with Gasteiger partial charge in [0.15, 0.2) is 5.96 Å². The summed E-state index contributed by atoms with van der Waals surface area (Å²) in [6.45, 7) is -1.39. The Hall–Kier alpha value is -4.27. The van der Waals surface area contributed by atoms with Gasteiger partial charge in [0.2, 0.25) is 29.5 Å². The molecule has 1 fully saturated rings. The maximum atomic E-state index is 13.1. The van der Waals surface area contributed by atoms with Crippen LogP contribution in [-0.4, -0.2) is 118 Å². The van der Waals surface area contributed by atoms with E-state index in [1.807, 2.05) is 0 Å². The molecule has 14 N–H and O–H groups in total. The van der Waals surface area contributed by atoms with Gasteiger partial charge in [-0.3, -0.25) is 29.0 Å². The molecule has 1 aliphatic heterocycles. The molecule has 0 unspecified atom stereocenters. The van der Waals surface area contributed by atoms with Crippen LogP contribution in [0.25, 0.3) is 0 Å². The van der Waals surface area contributed by atoms with E-state index in [-0.39, 0.29) is 49.0 Å². The summed E-state index contributed by atoms with van der Waals surface area (Å²) in [5.41, 5.74) is 17.3. The number of aliphatic hydroxyl groups excluding tert-OH is 1. The second kappa shape index (κ2) is 19.3. The number of phenols is 1. The quantitative estimate of drug-likeness (QED) is 0.0482. The monoisotopic (exact) mass is 685 g/mol. The number of hydrogen-bond donors (Lipinski definition) is 11. The highest BCUT2D eigenvalue weighted by Crippen LogP contribution is 2.23. The zero-order valence-corrected chi connectivity index (χ0v) is 26.3. The first kappa shape index (κ1) is 37.9. The van der Waals surface area contributed by atoms with Crippen molar-refractivity contribution in [2.75, 3.05) is 31.2 Å². The number of carbonyl (C=O) groups is 6. The number of phenolic OH excluding ortho intramolecular Hbond substituents is 1. The smallest absolute Gasteiger partial charge is 0.327 e. The predicted molar refractivity (Wildman–Crippen MR) is 170 cm³/mol. The number of aliphatic imine (C=N–C) groups is 1. The third-order valence-electron chi connectivity index (χ3n) is 6.36. The van der Waals surface area contributed by atoms with E-state index >= 15 is 0 Å². The summed E-state index contributed by atoms with van der Waals surface area (Å²) in [5, 5.41) is 40.8. The minimum Gasteiger partial charge on any atom is -0.508 e. The Morgan fingerprint density at radius 3 is 2.26 bits per heavy atom. The Labute approximate surface area is 271 Å². The van der Waals surface area contributed by atoms with Crippen LogP contribution in [0.3, 0.4) is 0 Å². The van der Waals surface area contributed by atoms with Crippen LogP contribution in [0.15, 0.2) is 29.3 Å². The van der Waals surface area contributed by atoms with Crippen LogP contribution in [-0.2, 0) is 35.2 Å². The number of guanidine groups is 1. The molecule has 1 aromatic carbocycles. The molecule has 0 aliphatic carbocycles. The van der Waals surface area contributed by atoms with E-state index in [2.05, 4.69) is 31.6 Å². The average Bonchev–Trinajstić information content (AvgIpc) is 3.00. The van der Waals surface area contributed by atoms with Gasteiger partial charge >= 0.3 is 5.97 Å². The summed E-state index contributed by atoms with van der Waals surface area (Å²) < 4.78 is 0. The van der Waals surface area contributed by atoms with Crippen LogP contribution in [0.4, 0.5) is 0 Å². The lowest BCUT2D eigenvalue weighted by molar-refractivity contribution is -0.141. The van der Waals surface area contributed by atoms with Crippen LogP contribution >= 0.6 is 21.6 Å². The lowest BCUT2D eigenvalue weighted by atomic mass is 10.1. The highest BCUT2D eigenvalue weighted by atomic mass is 33.1. The van der Waals surface area contributed by atoms with E-state index in [0.717, 1.165) is 21.6 Å². The van der Waals surface area contributed by atoms with Crippen LogP contribution in [0.1, 0.15) is 18.4 Å². The third-order valence-corrected chi connectivity index (χ3v) is 8.79. The lowest BCUT2D eigenvalue weighted by Crippen LogP contribution is -2.58. The molecule has 0 bridgehead atoms. The number of carboxylic acid groups (broad SMARTS) is 1. The molecule has 0 radical (unpaired) electrons. The van der Waals surface area contributed by atoms with Gasteiger partial charge in [-0.05, 0) is 37.0 Å². The average molecular weight is 686 g/mol. The summed E-state index contributed by atoms with van der Waals surface area (Å²) in [6, 6.07) is -0.466. The molecular formula is C26H39N9O9S2. The van der Waals surface area contributed by atoms with Gasteiger partial charge < -0.3 is 59.1 Å². The molecule has 1 heterocycles. The van der Waals surface area contributed by atoms with Gasteiger partial charge in [-0.25, -0.2) is 4.79 Å². The van der Waals surface area contributed by atoms with E-state index in [0.29, 0.717) is 5.56 Å². The molecule has 46 heavy (non-hydrogen) atoms. The second-order valence-electron chi connectivity index (χ2n) is 10.0. The highest BCUT2D eigenvalue weighted by Gasteiger charge is 2.31. The molecule has 5 amide bonds. The number of nitrogens with zero attached hydrogens (tertiary/aromatic N) is 1. The number of hydrogen-bond acceptors (Lipinski definition) is 12. The van der Waals surface area contributed by atoms with Crippen molar-refractivity contribution >= 4 is 63.1 Å². The van der Waals surface area contributed by atoms with Gasteiger partial charge in [-0.15, -0.1) is 0 Å². The number of aliphatic hydroxyl groups is 1. The predicted octanol–water partition coefficient (Wildman–Crippen LogP) is -4.16. The Kier molecular flexibility index (Phi) is 15.9. The molecule has 1 aliphatic rings. The van der Waals surface area contributed by atoms with Crippen LogP contribution < -0.4 is 43.8 Å². The highest BCUT2D eigenvalue weighted by molar-refractivity contribution is 8.76. The number of nitrogens with two attached hydrogens (primary N) is 3. The van der Waals surface area contributed by atoms with Crippen LogP contribution in [0.5, 0.6) is 5.75 Å². The van der Waals surface area contributed by atoms with E-state index in [1.54, 1.807) is 12.1 Å². The van der Waals surface area contributed by atoms with Crippen molar-refractivity contribution in [2.45, 2.75) is 49.5 Å². The summed E-state index contributed by atoms with van der Waals surface area (Å²) in [5.74, 6) is -5.86. The summed E-state index contributed by atoms with van der Waals surface area (Å²) in [6.07, 6.45) is 0.290. The van der Waals surface area contributed by atoms with Crippen molar-refractivity contribution in [2.24, 2.45) is 22.2 Å². The number of benzene rings is 1. The Balaban J connectivity index is 2.21. The second-order valence-corrected chi connectivity index (χ2v) is 12.6. The van der Waals surface area contributed by atoms with Crippen molar-refractivity contribution in [3.63, 3.8) is 0 Å². The zero-order valence-electron chi connectivity index (χ0n) is 24.6. The van der Waals surface area contributed by atoms with Crippen molar-refractivity contribution in [1.29, 1.82) is 0 Å². The SMILES string of the molecule is NC(N)=NCCC[C@@H]1NC(=O)[C@H](CO)NC(=O)CNC(=O)[C@@H](NC(=O)[C@@H](N)Cc2ccc(O)cc2)CSSC[C@@H](C(=O)O)NC1=O. The number of nitrogens with one attached hydrogen (secondary N) is 5. The van der Waals surface area contributed by atoms with Gasteiger partial charge in [-0.1, -0.05) is 33.7 Å². The molecule has 1 aromatic rings. The van der Waals surface area contributed by atoms with Crippen LogP contribution in [0.2, 0.25) is 0 Å². The van der Waals surface area contributed by atoms with E-state index in [4.69, 9.17) is 17.2 Å². The molecule has 254 valence electrons. The molecule has 2 rings (SSSR count). The first-order valence-corrected chi connectivity index (χ1v) is 16.4. The lowest BCUT2D eigenvalue weighted by Gasteiger charge is -2.23. The minimum atomic E-state index is -1.53. The van der Waals surface area contributed by atoms with Gasteiger partial charge in [-0.2, -0.15) is 0 Å². The van der Waals surface area contributed by atoms with Crippen molar-refractivity contribution < 1.29 is 44.1 Å². The van der Waals surface area contributed by atoms with E-state index in [9.17, 15) is 44.1 Å². The topological polar surface area (TPSA) is 314 Å². The maximum Gasteiger partial charge on any atom is 0.327 e. The first-order valence-electron chi connectivity index (χ1n) is 14.0. The fourth-order valence-electron chi connectivity index (χ4n) is 3.89. The maximum absolute atomic E-state index is 13.1. The molecule has 0 aromatic heterocycles.